The number of sulfonamides is 1. The maximum atomic E-state index is 13.0. The average molecular weight is 488 g/mol. The number of aromatic nitrogens is 2. The van der Waals surface area contributed by atoms with Gasteiger partial charge in [0.15, 0.2) is 0 Å². The largest absolute Gasteiger partial charge is 0.362 e. The number of rotatable bonds is 5. The van der Waals surface area contributed by atoms with Crippen molar-refractivity contribution in [3.05, 3.63) is 84.2 Å². The number of fused-ring (bicyclic) bond motifs is 1. The van der Waals surface area contributed by atoms with Crippen molar-refractivity contribution in [3.8, 4) is 5.69 Å². The van der Waals surface area contributed by atoms with Gasteiger partial charge >= 0.3 is 0 Å². The number of hydrogen-bond donors (Lipinski definition) is 1. The Morgan fingerprint density at radius 1 is 1.03 bits per heavy atom. The van der Waals surface area contributed by atoms with E-state index in [9.17, 15) is 13.2 Å². The minimum atomic E-state index is -3.87. The lowest BCUT2D eigenvalue weighted by Crippen LogP contribution is -2.20. The van der Waals surface area contributed by atoms with E-state index in [1.54, 1.807) is 24.3 Å². The lowest BCUT2D eigenvalue weighted by molar-refractivity contribution is 0.102. The first-order valence-electron chi connectivity index (χ1n) is 11.3. The van der Waals surface area contributed by atoms with E-state index < -0.39 is 10.0 Å². The molecule has 3 aromatic carbocycles. The van der Waals surface area contributed by atoms with E-state index in [-0.39, 0.29) is 10.8 Å². The number of hydrogen-bond acceptors (Lipinski definition) is 4. The van der Waals surface area contributed by atoms with Crippen LogP contribution in [-0.4, -0.2) is 48.2 Å². The minimum absolute atomic E-state index is 0.0378. The molecular formula is C26H25N5O3S. The van der Waals surface area contributed by atoms with Crippen LogP contribution in [0.25, 0.3) is 16.7 Å². The summed E-state index contributed by atoms with van der Waals surface area (Å²) in [6.07, 6.45) is 1.52. The van der Waals surface area contributed by atoms with E-state index in [1.807, 2.05) is 59.8 Å². The first kappa shape index (κ1) is 22.8. The highest BCUT2D eigenvalue weighted by Crippen LogP contribution is 2.24. The summed E-state index contributed by atoms with van der Waals surface area (Å²) >= 11 is 0. The Balaban J connectivity index is 1.40. The van der Waals surface area contributed by atoms with Gasteiger partial charge in [0.1, 0.15) is 11.7 Å². The summed E-state index contributed by atoms with van der Waals surface area (Å²) in [5.41, 5.74) is 3.40. The van der Waals surface area contributed by atoms with Crippen molar-refractivity contribution < 1.29 is 13.2 Å². The Bertz CT molecular complexity index is 1560. The van der Waals surface area contributed by atoms with Gasteiger partial charge in [-0.25, -0.2) is 4.98 Å². The molecular weight excluding hydrogens is 462 g/mol. The van der Waals surface area contributed by atoms with Gasteiger partial charge in [0, 0.05) is 37.0 Å². The van der Waals surface area contributed by atoms with Crippen molar-refractivity contribution in [1.82, 2.24) is 14.5 Å². The molecule has 1 fully saturated rings. The highest BCUT2D eigenvalue weighted by Gasteiger charge is 2.21. The number of benzene rings is 3. The van der Waals surface area contributed by atoms with E-state index >= 15 is 0 Å². The predicted molar refractivity (Wildman–Crippen MR) is 137 cm³/mol. The van der Waals surface area contributed by atoms with Gasteiger partial charge < -0.3 is 10.2 Å². The lowest BCUT2D eigenvalue weighted by Gasteiger charge is -2.11. The number of amides is 1. The Morgan fingerprint density at radius 2 is 1.83 bits per heavy atom. The molecule has 0 bridgehead atoms. The lowest BCUT2D eigenvalue weighted by atomic mass is 10.1. The molecule has 4 aromatic rings. The summed E-state index contributed by atoms with van der Waals surface area (Å²) in [6, 6.07) is 21.4. The second kappa shape index (κ2) is 8.99. The number of para-hydroxylation sites is 1. The van der Waals surface area contributed by atoms with Crippen LogP contribution in [0.4, 0.5) is 5.69 Å². The van der Waals surface area contributed by atoms with Gasteiger partial charge in [0.05, 0.1) is 15.9 Å². The first-order valence-corrected chi connectivity index (χ1v) is 12.8. The third-order valence-corrected chi connectivity index (χ3v) is 7.35. The predicted octanol–water partition coefficient (Wildman–Crippen LogP) is 4.40. The summed E-state index contributed by atoms with van der Waals surface area (Å²) < 4.78 is 31.6. The standard InChI is InChI=1S/C26H25N5O3S/c1-18-27-23-16-19(13-14-24(23)31(18)21-9-4-3-5-10-21)26(32)28-20-8-6-11-22(17-20)35(33,34)29-25-12-7-15-30(25)2/h3-6,8-11,13-14,16-17H,7,12,15H2,1-2H3,(H,28,32)/b29-25+. The number of carbonyl (C=O) groups excluding carboxylic acids is 1. The number of amidine groups is 1. The maximum Gasteiger partial charge on any atom is 0.284 e. The third-order valence-electron chi connectivity index (χ3n) is 6.05. The van der Waals surface area contributed by atoms with Crippen molar-refractivity contribution in [2.75, 3.05) is 18.9 Å². The SMILES string of the molecule is Cc1nc2cc(C(=O)Nc3cccc(S(=O)(=O)/N=C4\CCCN4C)c3)ccc2n1-c1ccccc1. The van der Waals surface area contributed by atoms with Gasteiger partial charge in [-0.05, 0) is 61.9 Å². The van der Waals surface area contributed by atoms with Gasteiger partial charge in [-0.15, -0.1) is 4.40 Å². The Kier molecular flexibility index (Phi) is 5.86. The normalized spacial score (nSPS) is 15.1. The summed E-state index contributed by atoms with van der Waals surface area (Å²) in [4.78, 5) is 19.5. The molecule has 1 aliphatic heterocycles. The highest BCUT2D eigenvalue weighted by atomic mass is 32.2. The van der Waals surface area contributed by atoms with Gasteiger partial charge in [0.25, 0.3) is 15.9 Å². The molecule has 5 rings (SSSR count). The monoisotopic (exact) mass is 487 g/mol. The number of nitrogens with one attached hydrogen (secondary N) is 1. The summed E-state index contributed by atoms with van der Waals surface area (Å²) in [5.74, 6) is 1.02. The van der Waals surface area contributed by atoms with Crippen LogP contribution in [0, 0.1) is 6.92 Å². The second-order valence-electron chi connectivity index (χ2n) is 8.52. The number of likely N-dealkylation sites (tertiary alicyclic amines) is 1. The van der Waals surface area contributed by atoms with Crippen LogP contribution in [0.2, 0.25) is 0 Å². The van der Waals surface area contributed by atoms with Crippen LogP contribution in [0.15, 0.2) is 82.1 Å². The van der Waals surface area contributed by atoms with Crippen molar-refractivity contribution in [2.45, 2.75) is 24.7 Å². The van der Waals surface area contributed by atoms with E-state index in [2.05, 4.69) is 14.7 Å². The molecule has 0 unspecified atom stereocenters. The molecule has 0 atom stereocenters. The van der Waals surface area contributed by atoms with Crippen molar-refractivity contribution in [2.24, 2.45) is 4.40 Å². The molecule has 1 aliphatic rings. The number of carbonyl (C=O) groups is 1. The van der Waals surface area contributed by atoms with Gasteiger partial charge in [-0.2, -0.15) is 8.42 Å². The van der Waals surface area contributed by atoms with Crippen LogP contribution < -0.4 is 5.32 Å². The highest BCUT2D eigenvalue weighted by molar-refractivity contribution is 7.90. The second-order valence-corrected chi connectivity index (χ2v) is 10.1. The van der Waals surface area contributed by atoms with E-state index in [0.717, 1.165) is 30.0 Å². The molecule has 0 radical (unpaired) electrons. The molecule has 0 aliphatic carbocycles. The van der Waals surface area contributed by atoms with Gasteiger partial charge in [0.2, 0.25) is 0 Å². The molecule has 1 N–H and O–H groups in total. The number of imidazole rings is 1. The van der Waals surface area contributed by atoms with Crippen LogP contribution in [0.5, 0.6) is 0 Å². The third kappa shape index (κ3) is 4.54. The summed E-state index contributed by atoms with van der Waals surface area (Å²) in [7, 11) is -2.04. The molecule has 1 aromatic heterocycles. The molecule has 0 spiro atoms. The van der Waals surface area contributed by atoms with Gasteiger partial charge in [-0.3, -0.25) is 9.36 Å². The smallest absolute Gasteiger partial charge is 0.284 e. The van der Waals surface area contributed by atoms with E-state index in [1.165, 1.54) is 12.1 Å². The number of aryl methyl sites for hydroxylation is 1. The molecule has 1 saturated heterocycles. The van der Waals surface area contributed by atoms with Crippen LogP contribution >= 0.6 is 0 Å². The molecule has 8 nitrogen and oxygen atoms in total. The van der Waals surface area contributed by atoms with Crippen molar-refractivity contribution >= 4 is 38.5 Å². The minimum Gasteiger partial charge on any atom is -0.362 e. The zero-order valence-corrected chi connectivity index (χ0v) is 20.3. The van der Waals surface area contributed by atoms with Crippen LogP contribution in [0.3, 0.4) is 0 Å². The topological polar surface area (TPSA) is 96.7 Å². The van der Waals surface area contributed by atoms with E-state index in [4.69, 9.17) is 0 Å². The Morgan fingerprint density at radius 3 is 2.57 bits per heavy atom. The van der Waals surface area contributed by atoms with Crippen molar-refractivity contribution in [1.29, 1.82) is 0 Å². The fourth-order valence-corrected chi connectivity index (χ4v) is 5.42. The molecule has 35 heavy (non-hydrogen) atoms. The Hall–Kier alpha value is -3.98. The number of anilines is 1. The van der Waals surface area contributed by atoms with Crippen LogP contribution in [-0.2, 0) is 10.0 Å². The Labute approximate surface area is 204 Å². The molecule has 9 heteroatoms. The fourth-order valence-electron chi connectivity index (χ4n) is 4.28. The molecule has 0 saturated carbocycles. The first-order chi connectivity index (χ1) is 16.8. The zero-order valence-electron chi connectivity index (χ0n) is 19.5. The van der Waals surface area contributed by atoms with Crippen molar-refractivity contribution in [3.63, 3.8) is 0 Å². The molecule has 1 amide bonds. The summed E-state index contributed by atoms with van der Waals surface area (Å²) in [6.45, 7) is 2.71. The quantitative estimate of drug-likeness (QED) is 0.450. The fraction of sp³-hybridized carbons (Fsp3) is 0.192. The van der Waals surface area contributed by atoms with Gasteiger partial charge in [-0.1, -0.05) is 24.3 Å². The summed E-state index contributed by atoms with van der Waals surface area (Å²) in [5, 5.41) is 2.79. The average Bonchev–Trinajstić information content (AvgIpc) is 3.40. The van der Waals surface area contributed by atoms with E-state index in [0.29, 0.717) is 29.0 Å². The maximum absolute atomic E-state index is 13.0. The number of nitrogens with zero attached hydrogens (tertiary/aromatic N) is 4. The molecule has 178 valence electrons. The zero-order chi connectivity index (χ0) is 24.6. The molecule has 2 heterocycles. The van der Waals surface area contributed by atoms with Crippen LogP contribution in [0.1, 0.15) is 29.0 Å².